The van der Waals surface area contributed by atoms with Gasteiger partial charge in [0.15, 0.2) is 0 Å². The third kappa shape index (κ3) is 4.67. The summed E-state index contributed by atoms with van der Waals surface area (Å²) < 4.78 is 53.6. The van der Waals surface area contributed by atoms with Crippen LogP contribution in [0.5, 0.6) is 5.75 Å². The molecule has 1 aliphatic carbocycles. The normalized spacial score (nSPS) is 22.4. The Morgan fingerprint density at radius 2 is 1.81 bits per heavy atom. The van der Waals surface area contributed by atoms with E-state index in [0.29, 0.717) is 26.2 Å². The van der Waals surface area contributed by atoms with Crippen molar-refractivity contribution in [3.05, 3.63) is 53.1 Å². The number of hydrogen-bond donors (Lipinski definition) is 0. The zero-order valence-corrected chi connectivity index (χ0v) is 20.4. The van der Waals surface area contributed by atoms with E-state index in [0.717, 1.165) is 24.3 Å². The molecule has 1 saturated heterocycles. The van der Waals surface area contributed by atoms with Crippen molar-refractivity contribution in [2.24, 2.45) is 5.92 Å². The Kier molecular flexibility index (Phi) is 6.43. The van der Waals surface area contributed by atoms with Gasteiger partial charge in [-0.1, -0.05) is 17.5 Å². The van der Waals surface area contributed by atoms with Crippen molar-refractivity contribution >= 4 is 29.1 Å². The maximum absolute atomic E-state index is 14.4. The molecule has 1 atom stereocenters. The molecular weight excluding hydrogens is 495 g/mol. The summed E-state index contributed by atoms with van der Waals surface area (Å²) >= 11 is 6.10. The van der Waals surface area contributed by atoms with Crippen molar-refractivity contribution in [2.45, 2.75) is 24.6 Å². The van der Waals surface area contributed by atoms with Crippen molar-refractivity contribution in [1.29, 1.82) is 0 Å². The number of benzene rings is 2. The van der Waals surface area contributed by atoms with Crippen LogP contribution in [0.15, 0.2) is 42.5 Å². The largest absolute Gasteiger partial charge is 0.497 e. The lowest BCUT2D eigenvalue weighted by Gasteiger charge is -2.43. The summed E-state index contributed by atoms with van der Waals surface area (Å²) in [5.41, 5.74) is -2.14. The van der Waals surface area contributed by atoms with Crippen LogP contribution in [0, 0.1) is 17.8 Å². The van der Waals surface area contributed by atoms with Crippen LogP contribution in [-0.4, -0.2) is 57.1 Å². The summed E-state index contributed by atoms with van der Waals surface area (Å²) in [6, 6.07) is 11.9. The Labute approximate surface area is 212 Å². The molecule has 5 rings (SSSR count). The van der Waals surface area contributed by atoms with E-state index in [1.165, 1.54) is 23.1 Å². The second-order valence-corrected chi connectivity index (χ2v) is 9.56. The number of ether oxygens (including phenoxy) is 2. The summed E-state index contributed by atoms with van der Waals surface area (Å²) in [5, 5.41) is 0.113. The Balaban J connectivity index is 1.37. The molecule has 0 spiro atoms. The van der Waals surface area contributed by atoms with Crippen molar-refractivity contribution in [1.82, 2.24) is 4.90 Å². The number of nitrogens with zero attached hydrogens (tertiary/aromatic N) is 3. The second kappa shape index (κ2) is 9.41. The number of fused-ring (bicyclic) bond motifs is 1. The van der Waals surface area contributed by atoms with Gasteiger partial charge >= 0.3 is 12.3 Å². The smallest absolute Gasteiger partial charge is 0.445 e. The average Bonchev–Trinajstić information content (AvgIpc) is 3.69. The number of methoxy groups -OCH3 is 1. The molecule has 0 radical (unpaired) electrons. The molecule has 0 unspecified atom stereocenters. The molecule has 1 saturated carbocycles. The van der Waals surface area contributed by atoms with Gasteiger partial charge in [0.05, 0.1) is 19.5 Å². The van der Waals surface area contributed by atoms with Crippen LogP contribution in [0.2, 0.25) is 5.02 Å². The number of piperazine rings is 1. The number of carbonyl (C=O) groups is 1. The lowest BCUT2D eigenvalue weighted by atomic mass is 9.89. The predicted molar refractivity (Wildman–Crippen MR) is 130 cm³/mol. The highest BCUT2D eigenvalue weighted by atomic mass is 35.5. The number of amides is 1. The summed E-state index contributed by atoms with van der Waals surface area (Å²) in [7, 11) is 1.62. The minimum Gasteiger partial charge on any atom is -0.497 e. The number of cyclic esters (lactones) is 1. The van der Waals surface area contributed by atoms with E-state index in [1.54, 1.807) is 7.11 Å². The lowest BCUT2D eigenvalue weighted by Crippen LogP contribution is -2.57. The van der Waals surface area contributed by atoms with Crippen LogP contribution in [0.4, 0.5) is 29.3 Å². The SMILES string of the molecule is COc1ccc(N2CCN(CN3C(=O)O[C@](C#CC4CC4)(C(F)(F)F)c4cc(Cl)ccc43)CC2)cc1. The van der Waals surface area contributed by atoms with Gasteiger partial charge in [-0.05, 0) is 61.2 Å². The number of anilines is 2. The van der Waals surface area contributed by atoms with Crippen LogP contribution in [-0.2, 0) is 10.3 Å². The summed E-state index contributed by atoms with van der Waals surface area (Å²) in [6.07, 6.45) is -4.53. The zero-order valence-electron chi connectivity index (χ0n) is 19.6. The molecule has 2 aromatic rings. The monoisotopic (exact) mass is 519 g/mol. The first-order valence-electron chi connectivity index (χ1n) is 11.7. The highest BCUT2D eigenvalue weighted by molar-refractivity contribution is 6.30. The maximum atomic E-state index is 14.4. The van der Waals surface area contributed by atoms with Gasteiger partial charge < -0.3 is 14.4 Å². The number of halogens is 4. The molecular formula is C26H25ClF3N3O3. The van der Waals surface area contributed by atoms with Gasteiger partial charge in [0.25, 0.3) is 5.60 Å². The quantitative estimate of drug-likeness (QED) is 0.516. The van der Waals surface area contributed by atoms with Crippen molar-refractivity contribution in [3.63, 3.8) is 0 Å². The topological polar surface area (TPSA) is 45.2 Å². The van der Waals surface area contributed by atoms with Gasteiger partial charge in [0.2, 0.25) is 0 Å². The Morgan fingerprint density at radius 1 is 1.11 bits per heavy atom. The number of hydrogen-bond acceptors (Lipinski definition) is 5. The van der Waals surface area contributed by atoms with Gasteiger partial charge in [-0.3, -0.25) is 9.80 Å². The first kappa shape index (κ1) is 24.6. The van der Waals surface area contributed by atoms with Gasteiger partial charge in [-0.15, -0.1) is 0 Å². The fraction of sp³-hybridized carbons (Fsp3) is 0.423. The van der Waals surface area contributed by atoms with E-state index in [1.807, 2.05) is 29.2 Å². The van der Waals surface area contributed by atoms with Crippen LogP contribution in [0.1, 0.15) is 18.4 Å². The van der Waals surface area contributed by atoms with E-state index in [4.69, 9.17) is 21.1 Å². The molecule has 3 aliphatic rings. The van der Waals surface area contributed by atoms with Crippen LogP contribution in [0.25, 0.3) is 0 Å². The molecule has 6 nitrogen and oxygen atoms in total. The van der Waals surface area contributed by atoms with E-state index in [-0.39, 0.29) is 28.9 Å². The van der Waals surface area contributed by atoms with Gasteiger partial charge in [-0.2, -0.15) is 13.2 Å². The average molecular weight is 520 g/mol. The summed E-state index contributed by atoms with van der Waals surface area (Å²) in [4.78, 5) is 18.5. The second-order valence-electron chi connectivity index (χ2n) is 9.12. The molecule has 1 amide bonds. The zero-order chi connectivity index (χ0) is 25.5. The lowest BCUT2D eigenvalue weighted by molar-refractivity contribution is -0.240. The minimum atomic E-state index is -4.93. The van der Waals surface area contributed by atoms with E-state index in [2.05, 4.69) is 16.7 Å². The van der Waals surface area contributed by atoms with Crippen LogP contribution >= 0.6 is 11.6 Å². The Hall–Kier alpha value is -3.09. The molecule has 190 valence electrons. The first-order chi connectivity index (χ1) is 17.2. The fourth-order valence-corrected chi connectivity index (χ4v) is 4.62. The van der Waals surface area contributed by atoms with Gasteiger partial charge in [0.1, 0.15) is 5.75 Å². The molecule has 2 fully saturated rings. The van der Waals surface area contributed by atoms with Crippen LogP contribution < -0.4 is 14.5 Å². The Morgan fingerprint density at radius 3 is 2.42 bits per heavy atom. The van der Waals surface area contributed by atoms with Gasteiger partial charge in [0, 0.05) is 48.4 Å². The molecule has 0 N–H and O–H groups in total. The number of carbonyl (C=O) groups excluding carboxylic acids is 1. The van der Waals surface area contributed by atoms with E-state index in [9.17, 15) is 18.0 Å². The molecule has 2 aromatic carbocycles. The number of rotatable bonds is 4. The van der Waals surface area contributed by atoms with Crippen molar-refractivity contribution < 1.29 is 27.4 Å². The molecule has 36 heavy (non-hydrogen) atoms. The number of alkyl halides is 3. The van der Waals surface area contributed by atoms with Crippen LogP contribution in [0.3, 0.4) is 0 Å². The third-order valence-electron chi connectivity index (χ3n) is 6.67. The highest BCUT2D eigenvalue weighted by Gasteiger charge is 2.63. The van der Waals surface area contributed by atoms with Crippen molar-refractivity contribution in [3.8, 4) is 17.6 Å². The molecule has 0 bridgehead atoms. The maximum Gasteiger partial charge on any atom is 0.445 e. The molecule has 10 heteroatoms. The molecule has 2 aliphatic heterocycles. The van der Waals surface area contributed by atoms with Crippen molar-refractivity contribution in [2.75, 3.05) is 49.8 Å². The molecule has 2 heterocycles. The Bertz CT molecular complexity index is 1200. The summed E-state index contributed by atoms with van der Waals surface area (Å²) in [6.45, 7) is 2.72. The summed E-state index contributed by atoms with van der Waals surface area (Å²) in [5.74, 6) is 5.59. The molecule has 0 aromatic heterocycles. The first-order valence-corrected chi connectivity index (χ1v) is 12.1. The third-order valence-corrected chi connectivity index (χ3v) is 6.90. The highest BCUT2D eigenvalue weighted by Crippen LogP contribution is 2.50. The minimum absolute atomic E-state index is 0.0912. The van der Waals surface area contributed by atoms with Gasteiger partial charge in [-0.25, -0.2) is 4.79 Å². The standard InChI is InChI=1S/C26H25ClF3N3O3/c1-35-21-7-5-20(6-8-21)32-14-12-31(13-15-32)17-33-23-9-4-19(27)16-22(23)25(26(28,29)30,36-24(33)34)11-10-18-2-3-18/h4-9,16,18H,2-3,12-15,17H2,1H3/t25-/m0/s1. The van der Waals surface area contributed by atoms with E-state index >= 15 is 0 Å². The fourth-order valence-electron chi connectivity index (χ4n) is 4.45. The van der Waals surface area contributed by atoms with E-state index < -0.39 is 17.9 Å². The predicted octanol–water partition coefficient (Wildman–Crippen LogP) is 5.26.